The van der Waals surface area contributed by atoms with Crippen molar-refractivity contribution in [2.24, 2.45) is 0 Å². The molecule has 23 heavy (non-hydrogen) atoms. The molecule has 0 aromatic heterocycles. The smallest absolute Gasteiger partial charge is 0.315 e. The SMILES string of the molecule is COCCNC(=O)NC1COC(CN2CCCC2COC)C1O. The second kappa shape index (κ2) is 9.39. The summed E-state index contributed by atoms with van der Waals surface area (Å²) in [5.41, 5.74) is 0. The molecule has 2 aliphatic heterocycles. The number of urea groups is 1. The van der Waals surface area contributed by atoms with Crippen molar-refractivity contribution in [3.8, 4) is 0 Å². The lowest BCUT2D eigenvalue weighted by atomic mass is 10.1. The topological polar surface area (TPSA) is 92.3 Å². The number of amides is 2. The van der Waals surface area contributed by atoms with Gasteiger partial charge in [0.25, 0.3) is 0 Å². The number of nitrogens with zero attached hydrogens (tertiary/aromatic N) is 1. The molecule has 8 nitrogen and oxygen atoms in total. The second-order valence-corrected chi connectivity index (χ2v) is 6.11. The standard InChI is InChI=1S/C15H29N3O5/c1-21-7-5-16-15(20)17-12-10-23-13(14(12)19)8-18-6-3-4-11(18)9-22-2/h11-14,19H,3-10H2,1-2H3,(H2,16,17,20). The van der Waals surface area contributed by atoms with E-state index in [1.807, 2.05) is 0 Å². The van der Waals surface area contributed by atoms with E-state index in [0.717, 1.165) is 19.4 Å². The average molecular weight is 331 g/mol. The Morgan fingerprint density at radius 2 is 2.22 bits per heavy atom. The van der Waals surface area contributed by atoms with Gasteiger partial charge in [-0.25, -0.2) is 4.79 Å². The summed E-state index contributed by atoms with van der Waals surface area (Å²) in [5, 5.41) is 15.8. The summed E-state index contributed by atoms with van der Waals surface area (Å²) >= 11 is 0. The molecular formula is C15H29N3O5. The van der Waals surface area contributed by atoms with E-state index in [-0.39, 0.29) is 18.2 Å². The molecule has 0 spiro atoms. The third kappa shape index (κ3) is 5.29. The van der Waals surface area contributed by atoms with Crippen molar-refractivity contribution in [3.63, 3.8) is 0 Å². The summed E-state index contributed by atoms with van der Waals surface area (Å²) < 4.78 is 15.8. The van der Waals surface area contributed by atoms with Crippen LogP contribution in [0.25, 0.3) is 0 Å². The van der Waals surface area contributed by atoms with Gasteiger partial charge in [0.2, 0.25) is 0 Å². The van der Waals surface area contributed by atoms with Crippen LogP contribution >= 0.6 is 0 Å². The van der Waals surface area contributed by atoms with E-state index >= 15 is 0 Å². The number of likely N-dealkylation sites (tertiary alicyclic amines) is 1. The number of hydrogen-bond acceptors (Lipinski definition) is 6. The molecular weight excluding hydrogens is 302 g/mol. The van der Waals surface area contributed by atoms with Crippen molar-refractivity contribution >= 4 is 6.03 Å². The normalized spacial score (nSPS) is 31.4. The van der Waals surface area contributed by atoms with Gasteiger partial charge in [-0.2, -0.15) is 0 Å². The highest BCUT2D eigenvalue weighted by atomic mass is 16.5. The van der Waals surface area contributed by atoms with Gasteiger partial charge in [-0.15, -0.1) is 0 Å². The summed E-state index contributed by atoms with van der Waals surface area (Å²) in [4.78, 5) is 14.0. The van der Waals surface area contributed by atoms with E-state index in [4.69, 9.17) is 14.2 Å². The summed E-state index contributed by atoms with van der Waals surface area (Å²) in [5.74, 6) is 0. The first kappa shape index (κ1) is 18.4. The molecule has 2 saturated heterocycles. The van der Waals surface area contributed by atoms with E-state index in [1.54, 1.807) is 14.2 Å². The van der Waals surface area contributed by atoms with Crippen LogP contribution in [0.3, 0.4) is 0 Å². The summed E-state index contributed by atoms with van der Waals surface area (Å²) in [7, 11) is 3.29. The number of carbonyl (C=O) groups excluding carboxylic acids is 1. The van der Waals surface area contributed by atoms with E-state index in [1.165, 1.54) is 0 Å². The molecule has 2 heterocycles. The van der Waals surface area contributed by atoms with Crippen LogP contribution in [0.5, 0.6) is 0 Å². The first-order valence-electron chi connectivity index (χ1n) is 8.21. The molecule has 2 amide bonds. The van der Waals surface area contributed by atoms with Gasteiger partial charge in [-0.05, 0) is 19.4 Å². The van der Waals surface area contributed by atoms with E-state index in [2.05, 4.69) is 15.5 Å². The number of aliphatic hydroxyl groups is 1. The van der Waals surface area contributed by atoms with E-state index < -0.39 is 6.10 Å². The van der Waals surface area contributed by atoms with Gasteiger partial charge in [0.05, 0.1) is 32.0 Å². The maximum absolute atomic E-state index is 11.7. The molecule has 134 valence electrons. The Morgan fingerprint density at radius 1 is 1.39 bits per heavy atom. The Balaban J connectivity index is 1.75. The number of nitrogens with one attached hydrogen (secondary N) is 2. The summed E-state index contributed by atoms with van der Waals surface area (Å²) in [6.45, 7) is 3.57. The molecule has 0 bridgehead atoms. The van der Waals surface area contributed by atoms with Gasteiger partial charge < -0.3 is 30.0 Å². The highest BCUT2D eigenvalue weighted by Gasteiger charge is 2.39. The first-order valence-corrected chi connectivity index (χ1v) is 8.21. The van der Waals surface area contributed by atoms with Crippen LogP contribution < -0.4 is 10.6 Å². The van der Waals surface area contributed by atoms with Crippen LogP contribution in [0.1, 0.15) is 12.8 Å². The number of methoxy groups -OCH3 is 2. The number of aliphatic hydroxyl groups excluding tert-OH is 1. The lowest BCUT2D eigenvalue weighted by Gasteiger charge is -2.28. The molecule has 0 aromatic rings. The molecule has 4 unspecified atom stereocenters. The Morgan fingerprint density at radius 3 is 2.96 bits per heavy atom. The zero-order valence-corrected chi connectivity index (χ0v) is 14.0. The number of ether oxygens (including phenoxy) is 3. The van der Waals surface area contributed by atoms with Crippen LogP contribution in [-0.2, 0) is 14.2 Å². The summed E-state index contributed by atoms with van der Waals surface area (Å²) in [6, 6.07) is -0.306. The fourth-order valence-corrected chi connectivity index (χ4v) is 3.21. The minimum absolute atomic E-state index is 0.281. The molecule has 3 N–H and O–H groups in total. The molecule has 0 saturated carbocycles. The van der Waals surface area contributed by atoms with Crippen molar-refractivity contribution in [2.75, 3.05) is 53.7 Å². The van der Waals surface area contributed by atoms with Crippen molar-refractivity contribution in [3.05, 3.63) is 0 Å². The highest BCUT2D eigenvalue weighted by Crippen LogP contribution is 2.22. The lowest BCUT2D eigenvalue weighted by Crippen LogP contribution is -2.50. The molecule has 0 aromatic carbocycles. The first-order chi connectivity index (χ1) is 11.2. The van der Waals surface area contributed by atoms with Crippen LogP contribution in [0, 0.1) is 0 Å². The zero-order valence-electron chi connectivity index (χ0n) is 14.0. The fraction of sp³-hybridized carbons (Fsp3) is 0.933. The monoisotopic (exact) mass is 331 g/mol. The predicted octanol–water partition coefficient (Wildman–Crippen LogP) is -0.829. The molecule has 8 heteroatoms. The van der Waals surface area contributed by atoms with Crippen LogP contribution in [0.2, 0.25) is 0 Å². The third-order valence-electron chi connectivity index (χ3n) is 4.46. The van der Waals surface area contributed by atoms with Gasteiger partial charge in [0, 0.05) is 33.4 Å². The van der Waals surface area contributed by atoms with Gasteiger partial charge in [0.15, 0.2) is 0 Å². The van der Waals surface area contributed by atoms with Gasteiger partial charge in [-0.1, -0.05) is 0 Å². The number of carbonyl (C=O) groups is 1. The van der Waals surface area contributed by atoms with Crippen molar-refractivity contribution in [1.29, 1.82) is 0 Å². The van der Waals surface area contributed by atoms with Gasteiger partial charge in [-0.3, -0.25) is 4.90 Å². The second-order valence-electron chi connectivity index (χ2n) is 6.11. The largest absolute Gasteiger partial charge is 0.388 e. The average Bonchev–Trinajstić information content (AvgIpc) is 3.10. The molecule has 0 radical (unpaired) electrons. The Hall–Kier alpha value is -0.930. The maximum Gasteiger partial charge on any atom is 0.315 e. The minimum Gasteiger partial charge on any atom is -0.388 e. The Labute approximate surface area is 137 Å². The highest BCUT2D eigenvalue weighted by molar-refractivity contribution is 5.74. The van der Waals surface area contributed by atoms with Crippen molar-refractivity contribution in [2.45, 2.75) is 37.1 Å². The third-order valence-corrected chi connectivity index (χ3v) is 4.46. The van der Waals surface area contributed by atoms with Crippen molar-refractivity contribution in [1.82, 2.24) is 15.5 Å². The molecule has 2 rings (SSSR count). The maximum atomic E-state index is 11.7. The van der Waals surface area contributed by atoms with Crippen LogP contribution in [0.4, 0.5) is 4.79 Å². The zero-order chi connectivity index (χ0) is 16.7. The minimum atomic E-state index is -0.702. The molecule has 2 fully saturated rings. The predicted molar refractivity (Wildman–Crippen MR) is 84.4 cm³/mol. The molecule has 0 aliphatic carbocycles. The molecule has 4 atom stereocenters. The number of rotatable bonds is 8. The Bertz CT molecular complexity index is 371. The van der Waals surface area contributed by atoms with E-state index in [9.17, 15) is 9.90 Å². The van der Waals surface area contributed by atoms with Crippen LogP contribution in [0.15, 0.2) is 0 Å². The Kier molecular flexibility index (Phi) is 7.51. The quantitative estimate of drug-likeness (QED) is 0.503. The number of hydrogen-bond donors (Lipinski definition) is 3. The van der Waals surface area contributed by atoms with Crippen molar-refractivity contribution < 1.29 is 24.1 Å². The van der Waals surface area contributed by atoms with Gasteiger partial charge >= 0.3 is 6.03 Å². The molecule has 2 aliphatic rings. The lowest BCUT2D eigenvalue weighted by molar-refractivity contribution is 0.00469. The summed E-state index contributed by atoms with van der Waals surface area (Å²) in [6.07, 6.45) is 1.27. The fourth-order valence-electron chi connectivity index (χ4n) is 3.21. The van der Waals surface area contributed by atoms with E-state index in [0.29, 0.717) is 39.0 Å². The van der Waals surface area contributed by atoms with Gasteiger partial charge in [0.1, 0.15) is 6.10 Å². The van der Waals surface area contributed by atoms with Crippen LogP contribution in [-0.4, -0.2) is 94.0 Å².